The Balaban J connectivity index is 1.66. The fourth-order valence-electron chi connectivity index (χ4n) is 4.84. The number of ether oxygens (including phenoxy) is 7. The molecule has 0 spiro atoms. The second kappa shape index (κ2) is 16.5. The van der Waals surface area contributed by atoms with Crippen molar-refractivity contribution in [2.45, 2.75) is 71.1 Å². The molecule has 1 unspecified atom stereocenters. The van der Waals surface area contributed by atoms with Crippen LogP contribution in [0.1, 0.15) is 65.6 Å². The quantitative estimate of drug-likeness (QED) is 0.201. The minimum atomic E-state index is -1.43. The van der Waals surface area contributed by atoms with Gasteiger partial charge in [-0.15, -0.1) is 0 Å². The van der Waals surface area contributed by atoms with Crippen LogP contribution in [-0.4, -0.2) is 67.2 Å². The first kappa shape index (κ1) is 34.8. The van der Waals surface area contributed by atoms with Crippen molar-refractivity contribution in [3.63, 3.8) is 0 Å². The first-order valence-corrected chi connectivity index (χ1v) is 14.9. The maximum atomic E-state index is 13.3. The maximum absolute atomic E-state index is 13.3. The van der Waals surface area contributed by atoms with E-state index in [9.17, 15) is 24.0 Å². The Bertz CT molecular complexity index is 1520. The minimum absolute atomic E-state index is 0.0963. The summed E-state index contributed by atoms with van der Waals surface area (Å²) in [5.41, 5.74) is 1.91. The Kier molecular flexibility index (Phi) is 12.2. The molecule has 0 aliphatic carbocycles. The summed E-state index contributed by atoms with van der Waals surface area (Å²) in [5.74, 6) is -3.36. The van der Waals surface area contributed by atoms with Crippen molar-refractivity contribution in [2.24, 2.45) is 0 Å². The molecule has 12 heteroatoms. The molecule has 248 valence electrons. The van der Waals surface area contributed by atoms with Crippen LogP contribution >= 0.6 is 0 Å². The van der Waals surface area contributed by atoms with Crippen molar-refractivity contribution < 1.29 is 57.1 Å². The topological polar surface area (TPSA) is 150 Å². The van der Waals surface area contributed by atoms with Gasteiger partial charge in [-0.25, -0.2) is 9.59 Å². The minimum Gasteiger partial charge on any atom is -0.461 e. The molecule has 0 aromatic heterocycles. The van der Waals surface area contributed by atoms with Crippen LogP contribution in [-0.2, 0) is 54.1 Å². The van der Waals surface area contributed by atoms with Gasteiger partial charge >= 0.3 is 29.8 Å². The summed E-state index contributed by atoms with van der Waals surface area (Å²) in [6.07, 6.45) is -7.48. The van der Waals surface area contributed by atoms with Gasteiger partial charge in [0.05, 0.1) is 17.2 Å². The van der Waals surface area contributed by atoms with E-state index < -0.39 is 73.3 Å². The third-order valence-corrected chi connectivity index (χ3v) is 7.07. The molecule has 1 aliphatic rings. The zero-order chi connectivity index (χ0) is 33.9. The van der Waals surface area contributed by atoms with Crippen molar-refractivity contribution in [3.8, 4) is 0 Å². The average Bonchev–Trinajstić information content (AvgIpc) is 3.06. The second-order valence-corrected chi connectivity index (χ2v) is 10.7. The van der Waals surface area contributed by atoms with E-state index in [4.69, 9.17) is 33.2 Å². The van der Waals surface area contributed by atoms with Gasteiger partial charge < -0.3 is 33.2 Å². The molecule has 0 radical (unpaired) electrons. The summed E-state index contributed by atoms with van der Waals surface area (Å²) >= 11 is 0. The van der Waals surface area contributed by atoms with E-state index in [-0.39, 0.29) is 17.7 Å². The Hall–Kier alpha value is -5.07. The van der Waals surface area contributed by atoms with E-state index in [1.54, 1.807) is 79.7 Å². The molecule has 0 bridgehead atoms. The lowest BCUT2D eigenvalue weighted by Gasteiger charge is -2.44. The molecular weight excluding hydrogens is 612 g/mol. The third-order valence-electron chi connectivity index (χ3n) is 7.07. The van der Waals surface area contributed by atoms with E-state index in [2.05, 4.69) is 0 Å². The van der Waals surface area contributed by atoms with Gasteiger partial charge in [0.25, 0.3) is 0 Å². The fraction of sp³-hybridized carbons (Fsp3) is 0.343. The van der Waals surface area contributed by atoms with E-state index in [1.807, 2.05) is 0 Å². The molecule has 47 heavy (non-hydrogen) atoms. The van der Waals surface area contributed by atoms with Crippen LogP contribution in [0.15, 0.2) is 84.9 Å². The van der Waals surface area contributed by atoms with Gasteiger partial charge in [-0.1, -0.05) is 60.7 Å². The predicted octanol–water partition coefficient (Wildman–Crippen LogP) is 4.50. The molecule has 0 N–H and O–H groups in total. The summed E-state index contributed by atoms with van der Waals surface area (Å²) in [6.45, 7) is 5.01. The lowest BCUT2D eigenvalue weighted by Crippen LogP contribution is -2.63. The highest BCUT2D eigenvalue weighted by molar-refractivity contribution is 5.90. The molecule has 1 saturated heterocycles. The van der Waals surface area contributed by atoms with E-state index in [0.29, 0.717) is 5.56 Å². The zero-order valence-corrected chi connectivity index (χ0v) is 26.4. The molecule has 3 aromatic rings. The zero-order valence-electron chi connectivity index (χ0n) is 26.4. The van der Waals surface area contributed by atoms with Crippen molar-refractivity contribution in [1.29, 1.82) is 0 Å². The lowest BCUT2D eigenvalue weighted by atomic mass is 9.97. The summed E-state index contributed by atoms with van der Waals surface area (Å²) in [5, 5.41) is 0. The van der Waals surface area contributed by atoms with E-state index >= 15 is 0 Å². The lowest BCUT2D eigenvalue weighted by molar-refractivity contribution is -0.313. The van der Waals surface area contributed by atoms with Gasteiger partial charge in [0.2, 0.25) is 0 Å². The summed E-state index contributed by atoms with van der Waals surface area (Å²) in [4.78, 5) is 61.9. The highest BCUT2D eigenvalue weighted by atomic mass is 16.7. The first-order valence-electron chi connectivity index (χ1n) is 14.9. The van der Waals surface area contributed by atoms with Crippen LogP contribution in [0.25, 0.3) is 0 Å². The number of carbonyl (C=O) groups is 5. The number of benzene rings is 3. The highest BCUT2D eigenvalue weighted by Crippen LogP contribution is 2.33. The molecule has 4 rings (SSSR count). The molecule has 12 nitrogen and oxygen atoms in total. The van der Waals surface area contributed by atoms with E-state index in [1.165, 1.54) is 19.1 Å². The van der Waals surface area contributed by atoms with Crippen molar-refractivity contribution in [3.05, 3.63) is 107 Å². The van der Waals surface area contributed by atoms with Gasteiger partial charge in [-0.3, -0.25) is 14.4 Å². The Morgan fingerprint density at radius 3 is 1.74 bits per heavy atom. The van der Waals surface area contributed by atoms with Crippen LogP contribution in [0.4, 0.5) is 0 Å². The van der Waals surface area contributed by atoms with Crippen LogP contribution in [0.2, 0.25) is 0 Å². The molecular formula is C35H36O12. The number of rotatable bonds is 12. The van der Waals surface area contributed by atoms with Crippen LogP contribution < -0.4 is 0 Å². The summed E-state index contributed by atoms with van der Waals surface area (Å²) < 4.78 is 40.1. The first-order chi connectivity index (χ1) is 22.5. The SMILES string of the molecule is CC(=O)OCc1ccc(C(C)O[C@@H]2O[C@H](COC(=O)c3ccccc3)[C@H](OC(C)=O)[C@H](OC(C)=O)[C@H]2OC(=O)c2ccccc2)cc1. The van der Waals surface area contributed by atoms with Gasteiger partial charge in [0.15, 0.2) is 24.6 Å². The standard InChI is InChI=1S/C35H36O12/c1-21(26-17-15-25(16-18-26)19-41-22(2)36)43-35-32(47-34(40)28-13-9-6-10-14-28)31(45-24(4)38)30(44-23(3)37)29(46-35)20-42-33(39)27-11-7-5-8-12-27/h5-18,21,29-32,35H,19-20H2,1-4H3/t21?,29-,30+,31+,32-,35-/m1/s1. The second-order valence-electron chi connectivity index (χ2n) is 10.7. The van der Waals surface area contributed by atoms with Crippen LogP contribution in [0.3, 0.4) is 0 Å². The van der Waals surface area contributed by atoms with E-state index in [0.717, 1.165) is 19.4 Å². The van der Waals surface area contributed by atoms with Gasteiger partial charge in [0, 0.05) is 20.8 Å². The summed E-state index contributed by atoms with van der Waals surface area (Å²) in [7, 11) is 0. The molecule has 1 heterocycles. The Morgan fingerprint density at radius 1 is 0.638 bits per heavy atom. The van der Waals surface area contributed by atoms with Crippen molar-refractivity contribution in [1.82, 2.24) is 0 Å². The number of hydrogen-bond donors (Lipinski definition) is 0. The van der Waals surface area contributed by atoms with Gasteiger partial charge in [-0.05, 0) is 42.3 Å². The molecule has 0 saturated carbocycles. The molecule has 0 amide bonds. The molecule has 1 aliphatic heterocycles. The van der Waals surface area contributed by atoms with Gasteiger partial charge in [0.1, 0.15) is 19.3 Å². The van der Waals surface area contributed by atoms with Crippen LogP contribution in [0, 0.1) is 0 Å². The molecule has 3 aromatic carbocycles. The van der Waals surface area contributed by atoms with Gasteiger partial charge in [-0.2, -0.15) is 0 Å². The smallest absolute Gasteiger partial charge is 0.338 e. The Morgan fingerprint density at radius 2 is 1.19 bits per heavy atom. The number of carbonyl (C=O) groups excluding carboxylic acids is 5. The Labute approximate surface area is 271 Å². The largest absolute Gasteiger partial charge is 0.461 e. The molecule has 6 atom stereocenters. The normalized spacial score (nSPS) is 21.1. The number of esters is 5. The highest BCUT2D eigenvalue weighted by Gasteiger charge is 2.53. The monoisotopic (exact) mass is 648 g/mol. The molecule has 1 fully saturated rings. The van der Waals surface area contributed by atoms with Crippen LogP contribution in [0.5, 0.6) is 0 Å². The third kappa shape index (κ3) is 9.96. The fourth-order valence-corrected chi connectivity index (χ4v) is 4.84. The average molecular weight is 649 g/mol. The van der Waals surface area contributed by atoms with Crippen molar-refractivity contribution in [2.75, 3.05) is 6.61 Å². The predicted molar refractivity (Wildman–Crippen MR) is 164 cm³/mol. The summed E-state index contributed by atoms with van der Waals surface area (Å²) in [6, 6.07) is 23.4. The van der Waals surface area contributed by atoms with Crippen molar-refractivity contribution >= 4 is 29.8 Å². The maximum Gasteiger partial charge on any atom is 0.338 e. The number of hydrogen-bond acceptors (Lipinski definition) is 12.